The largest absolute Gasteiger partial charge is 0.355 e. The minimum atomic E-state index is -0.450. The summed E-state index contributed by atoms with van der Waals surface area (Å²) in [4.78, 5) is 12.6. The number of carbonyl (C=O) groups is 1. The van der Waals surface area contributed by atoms with E-state index in [0.29, 0.717) is 22.9 Å². The monoisotopic (exact) mass is 407 g/mol. The van der Waals surface area contributed by atoms with Gasteiger partial charge in [0.1, 0.15) is 17.2 Å². The highest BCUT2D eigenvalue weighted by Gasteiger charge is 2.13. The predicted molar refractivity (Wildman–Crippen MR) is 122 cm³/mol. The Labute approximate surface area is 180 Å². The van der Waals surface area contributed by atoms with Crippen molar-refractivity contribution in [2.75, 3.05) is 5.32 Å². The fourth-order valence-electron chi connectivity index (χ4n) is 3.31. The maximum absolute atomic E-state index is 12.6. The van der Waals surface area contributed by atoms with E-state index in [0.717, 1.165) is 16.5 Å². The average molecular weight is 407 g/mol. The van der Waals surface area contributed by atoms with Gasteiger partial charge in [0.25, 0.3) is 5.91 Å². The molecule has 0 atom stereocenters. The number of nitrogens with zero attached hydrogens (tertiary/aromatic N) is 2. The van der Waals surface area contributed by atoms with Crippen LogP contribution in [0.4, 0.5) is 5.69 Å². The van der Waals surface area contributed by atoms with Gasteiger partial charge in [0.15, 0.2) is 5.76 Å². The van der Waals surface area contributed by atoms with E-state index < -0.39 is 5.91 Å². The summed E-state index contributed by atoms with van der Waals surface area (Å²) in [6.45, 7) is 4.22. The van der Waals surface area contributed by atoms with Gasteiger partial charge < -0.3 is 9.84 Å². The van der Waals surface area contributed by atoms with Crippen LogP contribution in [-0.2, 0) is 4.79 Å². The van der Waals surface area contributed by atoms with Crippen molar-refractivity contribution in [3.63, 3.8) is 0 Å². The van der Waals surface area contributed by atoms with Gasteiger partial charge in [-0.2, -0.15) is 5.26 Å². The molecular weight excluding hydrogens is 386 g/mol. The first kappa shape index (κ1) is 20.1. The van der Waals surface area contributed by atoms with Crippen LogP contribution in [0, 0.1) is 11.3 Å². The van der Waals surface area contributed by atoms with Gasteiger partial charge in [-0.15, -0.1) is 0 Å². The van der Waals surface area contributed by atoms with E-state index in [-0.39, 0.29) is 5.57 Å². The lowest BCUT2D eigenvalue weighted by molar-refractivity contribution is -0.112. The first-order valence-electron chi connectivity index (χ1n) is 10.0. The summed E-state index contributed by atoms with van der Waals surface area (Å²) in [6.07, 6.45) is 1.57. The summed E-state index contributed by atoms with van der Waals surface area (Å²) in [7, 11) is 0. The van der Waals surface area contributed by atoms with Crippen LogP contribution in [0.25, 0.3) is 28.3 Å². The summed E-state index contributed by atoms with van der Waals surface area (Å²) in [6, 6.07) is 24.8. The van der Waals surface area contributed by atoms with Crippen molar-refractivity contribution in [3.05, 3.63) is 89.5 Å². The van der Waals surface area contributed by atoms with Gasteiger partial charge in [0.2, 0.25) is 0 Å². The molecule has 0 unspecified atom stereocenters. The number of hydrogen-bond donors (Lipinski definition) is 1. The Kier molecular flexibility index (Phi) is 5.63. The topological polar surface area (TPSA) is 78.9 Å². The highest BCUT2D eigenvalue weighted by atomic mass is 16.5. The van der Waals surface area contributed by atoms with Gasteiger partial charge in [0, 0.05) is 11.3 Å². The molecule has 5 nitrogen and oxygen atoms in total. The van der Waals surface area contributed by atoms with Crippen LogP contribution in [0.2, 0.25) is 0 Å². The number of fused-ring (bicyclic) bond motifs is 1. The zero-order valence-corrected chi connectivity index (χ0v) is 17.3. The number of carbonyl (C=O) groups excluding carboxylic acids is 1. The van der Waals surface area contributed by atoms with Crippen molar-refractivity contribution in [3.8, 4) is 17.4 Å². The molecule has 5 heteroatoms. The van der Waals surface area contributed by atoms with Gasteiger partial charge in [-0.1, -0.05) is 67.5 Å². The Bertz CT molecular complexity index is 1290. The van der Waals surface area contributed by atoms with E-state index in [2.05, 4.69) is 24.3 Å². The lowest BCUT2D eigenvalue weighted by atomic mass is 10.0. The van der Waals surface area contributed by atoms with E-state index >= 15 is 0 Å². The molecule has 152 valence electrons. The summed E-state index contributed by atoms with van der Waals surface area (Å²) < 4.78 is 5.53. The molecule has 31 heavy (non-hydrogen) atoms. The molecule has 0 bridgehead atoms. The minimum Gasteiger partial charge on any atom is -0.355 e. The molecule has 4 aromatic rings. The number of nitriles is 1. The molecule has 1 N–H and O–H groups in total. The molecule has 0 fully saturated rings. The Morgan fingerprint density at radius 3 is 2.48 bits per heavy atom. The van der Waals surface area contributed by atoms with Crippen LogP contribution >= 0.6 is 0 Å². The third-order valence-corrected chi connectivity index (χ3v) is 5.05. The number of rotatable bonds is 5. The molecule has 1 aromatic heterocycles. The zero-order chi connectivity index (χ0) is 21.8. The van der Waals surface area contributed by atoms with Gasteiger partial charge in [-0.25, -0.2) is 0 Å². The second kappa shape index (κ2) is 8.68. The van der Waals surface area contributed by atoms with E-state index in [1.54, 1.807) is 6.08 Å². The number of aromatic nitrogens is 1. The smallest absolute Gasteiger partial charge is 0.266 e. The second-order valence-electron chi connectivity index (χ2n) is 7.55. The molecule has 0 radical (unpaired) electrons. The fraction of sp³-hybridized carbons (Fsp3) is 0.115. The third kappa shape index (κ3) is 4.39. The Morgan fingerprint density at radius 2 is 1.81 bits per heavy atom. The van der Waals surface area contributed by atoms with E-state index in [4.69, 9.17) is 4.52 Å². The normalized spacial score (nSPS) is 11.5. The average Bonchev–Trinajstić information content (AvgIpc) is 3.21. The van der Waals surface area contributed by atoms with Crippen molar-refractivity contribution in [1.82, 2.24) is 5.16 Å². The highest BCUT2D eigenvalue weighted by molar-refractivity contribution is 6.10. The Morgan fingerprint density at radius 1 is 1.06 bits per heavy atom. The fourth-order valence-corrected chi connectivity index (χ4v) is 3.31. The van der Waals surface area contributed by atoms with Crippen LogP contribution in [0.5, 0.6) is 0 Å². The van der Waals surface area contributed by atoms with Crippen molar-refractivity contribution in [2.45, 2.75) is 19.8 Å². The molecule has 1 amide bonds. The number of nitrogens with one attached hydrogen (secondary N) is 1. The summed E-state index contributed by atoms with van der Waals surface area (Å²) in [5, 5.41) is 17.3. The van der Waals surface area contributed by atoms with Gasteiger partial charge in [0.05, 0.1) is 5.39 Å². The van der Waals surface area contributed by atoms with Crippen molar-refractivity contribution >= 4 is 28.6 Å². The predicted octanol–water partition coefficient (Wildman–Crippen LogP) is 6.16. The molecule has 0 spiro atoms. The molecule has 4 rings (SSSR count). The Balaban J connectivity index is 1.61. The quantitative estimate of drug-likeness (QED) is 0.317. The summed E-state index contributed by atoms with van der Waals surface area (Å²) in [5.41, 5.74) is 4.19. The van der Waals surface area contributed by atoms with Crippen LogP contribution in [0.15, 0.2) is 82.9 Å². The standard InChI is InChI=1S/C26H21N3O2/c1-17(2)19-9-11-22(12-10-19)28-26(30)21(16-27)14-18-8-13-24-23(15-18)25(31-29-24)20-6-4-3-5-7-20/h3-15,17H,1-2H3,(H,28,30). The molecule has 1 heterocycles. The maximum Gasteiger partial charge on any atom is 0.266 e. The summed E-state index contributed by atoms with van der Waals surface area (Å²) >= 11 is 0. The number of amides is 1. The molecule has 0 saturated heterocycles. The number of hydrogen-bond acceptors (Lipinski definition) is 4. The highest BCUT2D eigenvalue weighted by Crippen LogP contribution is 2.29. The second-order valence-corrected chi connectivity index (χ2v) is 7.55. The molecular formula is C26H21N3O2. The molecule has 0 aliphatic carbocycles. The SMILES string of the molecule is CC(C)c1ccc(NC(=O)C(C#N)=Cc2ccc3noc(-c4ccccc4)c3c2)cc1. The van der Waals surface area contributed by atoms with E-state index in [1.165, 1.54) is 5.56 Å². The molecule has 3 aromatic carbocycles. The van der Waals surface area contributed by atoms with Crippen molar-refractivity contribution in [2.24, 2.45) is 0 Å². The van der Waals surface area contributed by atoms with Crippen LogP contribution in [0.1, 0.15) is 30.9 Å². The molecule has 0 aliphatic heterocycles. The summed E-state index contributed by atoms with van der Waals surface area (Å²) in [5.74, 6) is 0.611. The van der Waals surface area contributed by atoms with Gasteiger partial charge >= 0.3 is 0 Å². The Hall–Kier alpha value is -4.17. The first-order valence-corrected chi connectivity index (χ1v) is 10.0. The lowest BCUT2D eigenvalue weighted by Crippen LogP contribution is -2.13. The maximum atomic E-state index is 12.6. The zero-order valence-electron chi connectivity index (χ0n) is 17.3. The van der Waals surface area contributed by atoms with Crippen LogP contribution in [0.3, 0.4) is 0 Å². The lowest BCUT2D eigenvalue weighted by Gasteiger charge is -2.08. The first-order chi connectivity index (χ1) is 15.0. The molecule has 0 saturated carbocycles. The number of anilines is 1. The third-order valence-electron chi connectivity index (χ3n) is 5.05. The van der Waals surface area contributed by atoms with Gasteiger partial charge in [-0.3, -0.25) is 4.79 Å². The molecule has 0 aliphatic rings. The van der Waals surface area contributed by atoms with E-state index in [9.17, 15) is 10.1 Å². The van der Waals surface area contributed by atoms with E-state index in [1.807, 2.05) is 78.9 Å². The number of benzene rings is 3. The van der Waals surface area contributed by atoms with Crippen LogP contribution in [-0.4, -0.2) is 11.1 Å². The minimum absolute atomic E-state index is 0.0185. The van der Waals surface area contributed by atoms with Crippen molar-refractivity contribution in [1.29, 1.82) is 5.26 Å². The van der Waals surface area contributed by atoms with Crippen molar-refractivity contribution < 1.29 is 9.32 Å². The van der Waals surface area contributed by atoms with Crippen LogP contribution < -0.4 is 5.32 Å². The van der Waals surface area contributed by atoms with Gasteiger partial charge in [-0.05, 0) is 47.4 Å².